The van der Waals surface area contributed by atoms with E-state index in [0.29, 0.717) is 5.92 Å². The zero-order valence-electron chi connectivity index (χ0n) is 10.5. The molecule has 0 fully saturated rings. The highest BCUT2D eigenvalue weighted by atomic mass is 79.9. The zero-order chi connectivity index (χ0) is 12.8. The van der Waals surface area contributed by atoms with E-state index in [-0.39, 0.29) is 0 Å². The summed E-state index contributed by atoms with van der Waals surface area (Å²) in [6.07, 6.45) is 5.68. The SMILES string of the molecule is CNCC(Cc1ccoc1)Cc1ccccc1Br. The van der Waals surface area contributed by atoms with Crippen molar-refractivity contribution in [1.82, 2.24) is 5.32 Å². The largest absolute Gasteiger partial charge is 0.472 e. The quantitative estimate of drug-likeness (QED) is 0.881. The van der Waals surface area contributed by atoms with Gasteiger partial charge in [-0.05, 0) is 55.6 Å². The van der Waals surface area contributed by atoms with Gasteiger partial charge in [0.1, 0.15) is 0 Å². The van der Waals surface area contributed by atoms with Crippen molar-refractivity contribution in [1.29, 1.82) is 0 Å². The topological polar surface area (TPSA) is 25.2 Å². The highest BCUT2D eigenvalue weighted by molar-refractivity contribution is 9.10. The van der Waals surface area contributed by atoms with Crippen molar-refractivity contribution in [2.24, 2.45) is 5.92 Å². The Balaban J connectivity index is 2.04. The molecule has 2 nitrogen and oxygen atoms in total. The van der Waals surface area contributed by atoms with E-state index in [1.165, 1.54) is 15.6 Å². The van der Waals surface area contributed by atoms with Gasteiger partial charge < -0.3 is 9.73 Å². The Hall–Kier alpha value is -1.06. The third-order valence-electron chi connectivity index (χ3n) is 3.06. The summed E-state index contributed by atoms with van der Waals surface area (Å²) in [4.78, 5) is 0. The first kappa shape index (κ1) is 13.4. The minimum atomic E-state index is 0.575. The van der Waals surface area contributed by atoms with Crippen molar-refractivity contribution in [3.05, 3.63) is 58.5 Å². The fourth-order valence-electron chi connectivity index (χ4n) is 2.22. The average Bonchev–Trinajstić information content (AvgIpc) is 2.85. The molecule has 2 rings (SSSR count). The van der Waals surface area contributed by atoms with Crippen LogP contribution in [0.15, 0.2) is 51.7 Å². The summed E-state index contributed by atoms with van der Waals surface area (Å²) in [5.41, 5.74) is 2.63. The van der Waals surface area contributed by atoms with E-state index < -0.39 is 0 Å². The van der Waals surface area contributed by atoms with Crippen LogP contribution in [-0.4, -0.2) is 13.6 Å². The van der Waals surface area contributed by atoms with Gasteiger partial charge in [0, 0.05) is 4.47 Å². The van der Waals surface area contributed by atoms with Crippen molar-refractivity contribution in [2.45, 2.75) is 12.8 Å². The summed E-state index contributed by atoms with van der Waals surface area (Å²) < 4.78 is 6.33. The van der Waals surface area contributed by atoms with Crippen LogP contribution in [-0.2, 0) is 12.8 Å². The molecule has 0 aliphatic rings. The molecule has 1 aromatic heterocycles. The van der Waals surface area contributed by atoms with Gasteiger partial charge in [0.15, 0.2) is 0 Å². The molecule has 1 N–H and O–H groups in total. The lowest BCUT2D eigenvalue weighted by Crippen LogP contribution is -2.22. The van der Waals surface area contributed by atoms with Gasteiger partial charge in [0.2, 0.25) is 0 Å². The van der Waals surface area contributed by atoms with Crippen LogP contribution in [0.5, 0.6) is 0 Å². The molecule has 0 radical (unpaired) electrons. The van der Waals surface area contributed by atoms with Gasteiger partial charge in [-0.15, -0.1) is 0 Å². The molecule has 2 aromatic rings. The second kappa shape index (κ2) is 6.76. The molecule has 0 amide bonds. The molecule has 18 heavy (non-hydrogen) atoms. The van der Waals surface area contributed by atoms with Gasteiger partial charge in [0.25, 0.3) is 0 Å². The minimum Gasteiger partial charge on any atom is -0.472 e. The Bertz CT molecular complexity index is 467. The van der Waals surface area contributed by atoms with Crippen molar-refractivity contribution in [3.8, 4) is 0 Å². The maximum absolute atomic E-state index is 5.14. The van der Waals surface area contributed by atoms with Crippen LogP contribution >= 0.6 is 15.9 Å². The molecule has 1 atom stereocenters. The van der Waals surface area contributed by atoms with E-state index in [1.54, 1.807) is 6.26 Å². The molecule has 96 valence electrons. The van der Waals surface area contributed by atoms with E-state index in [9.17, 15) is 0 Å². The predicted molar refractivity (Wildman–Crippen MR) is 77.7 cm³/mol. The maximum Gasteiger partial charge on any atom is 0.0934 e. The van der Waals surface area contributed by atoms with E-state index in [2.05, 4.69) is 45.5 Å². The average molecular weight is 308 g/mol. The number of hydrogen-bond acceptors (Lipinski definition) is 2. The van der Waals surface area contributed by atoms with Crippen LogP contribution in [0.25, 0.3) is 0 Å². The van der Waals surface area contributed by atoms with Gasteiger partial charge in [-0.2, -0.15) is 0 Å². The second-order valence-corrected chi connectivity index (χ2v) is 5.41. The second-order valence-electron chi connectivity index (χ2n) is 4.55. The summed E-state index contributed by atoms with van der Waals surface area (Å²) in [6, 6.07) is 10.5. The molecular formula is C15H18BrNO. The highest BCUT2D eigenvalue weighted by Gasteiger charge is 2.12. The molecule has 1 aromatic carbocycles. The van der Waals surface area contributed by atoms with Crippen molar-refractivity contribution >= 4 is 15.9 Å². The molecule has 0 saturated carbocycles. The first-order chi connectivity index (χ1) is 8.79. The van der Waals surface area contributed by atoms with Crippen LogP contribution in [0.2, 0.25) is 0 Å². The first-order valence-corrected chi connectivity index (χ1v) is 6.98. The fourth-order valence-corrected chi connectivity index (χ4v) is 2.67. The van der Waals surface area contributed by atoms with Gasteiger partial charge in [-0.3, -0.25) is 0 Å². The number of benzene rings is 1. The molecule has 0 saturated heterocycles. The lowest BCUT2D eigenvalue weighted by Gasteiger charge is -2.16. The van der Waals surface area contributed by atoms with Crippen LogP contribution in [0, 0.1) is 5.92 Å². The zero-order valence-corrected chi connectivity index (χ0v) is 12.1. The van der Waals surface area contributed by atoms with Gasteiger partial charge in [-0.25, -0.2) is 0 Å². The molecule has 0 spiro atoms. The van der Waals surface area contributed by atoms with Crippen LogP contribution < -0.4 is 5.32 Å². The summed E-state index contributed by atoms with van der Waals surface area (Å²) in [6.45, 7) is 1.01. The molecule has 0 bridgehead atoms. The predicted octanol–water partition coefficient (Wildman–Crippen LogP) is 3.66. The van der Waals surface area contributed by atoms with Crippen molar-refractivity contribution in [2.75, 3.05) is 13.6 Å². The molecule has 1 unspecified atom stereocenters. The normalized spacial score (nSPS) is 12.6. The number of rotatable bonds is 6. The Morgan fingerprint density at radius 1 is 1.22 bits per heavy atom. The van der Waals surface area contributed by atoms with E-state index >= 15 is 0 Å². The summed E-state index contributed by atoms with van der Waals surface area (Å²) in [5, 5.41) is 3.27. The summed E-state index contributed by atoms with van der Waals surface area (Å²) >= 11 is 3.61. The number of hydrogen-bond donors (Lipinski definition) is 1. The van der Waals surface area contributed by atoms with Crippen LogP contribution in [0.4, 0.5) is 0 Å². The summed E-state index contributed by atoms with van der Waals surface area (Å²) in [7, 11) is 2.00. The summed E-state index contributed by atoms with van der Waals surface area (Å²) in [5.74, 6) is 0.575. The number of nitrogens with one attached hydrogen (secondary N) is 1. The Morgan fingerprint density at radius 2 is 2.06 bits per heavy atom. The van der Waals surface area contributed by atoms with E-state index in [4.69, 9.17) is 4.42 Å². The Kier molecular flexibility index (Phi) is 5.02. The third-order valence-corrected chi connectivity index (χ3v) is 3.84. The smallest absolute Gasteiger partial charge is 0.0934 e. The van der Waals surface area contributed by atoms with Gasteiger partial charge in [-0.1, -0.05) is 34.1 Å². The van der Waals surface area contributed by atoms with Crippen LogP contribution in [0.3, 0.4) is 0 Å². The Morgan fingerprint density at radius 3 is 2.72 bits per heavy atom. The van der Waals surface area contributed by atoms with Crippen LogP contribution in [0.1, 0.15) is 11.1 Å². The molecule has 0 aliphatic carbocycles. The highest BCUT2D eigenvalue weighted by Crippen LogP contribution is 2.21. The molecule has 1 heterocycles. The first-order valence-electron chi connectivity index (χ1n) is 6.18. The molecule has 0 aliphatic heterocycles. The maximum atomic E-state index is 5.14. The monoisotopic (exact) mass is 307 g/mol. The minimum absolute atomic E-state index is 0.575. The van der Waals surface area contributed by atoms with E-state index in [1.807, 2.05) is 19.4 Å². The van der Waals surface area contributed by atoms with Crippen molar-refractivity contribution < 1.29 is 4.42 Å². The van der Waals surface area contributed by atoms with E-state index in [0.717, 1.165) is 19.4 Å². The van der Waals surface area contributed by atoms with Gasteiger partial charge in [0.05, 0.1) is 12.5 Å². The number of halogens is 1. The van der Waals surface area contributed by atoms with Crippen molar-refractivity contribution in [3.63, 3.8) is 0 Å². The fraction of sp³-hybridized carbons (Fsp3) is 0.333. The third kappa shape index (κ3) is 3.72. The molecule has 3 heteroatoms. The standard InChI is InChI=1S/C15H18BrNO/c1-17-10-13(8-12-6-7-18-11-12)9-14-4-2-3-5-15(14)16/h2-7,11,13,17H,8-10H2,1H3. The lowest BCUT2D eigenvalue weighted by atomic mass is 9.93. The van der Waals surface area contributed by atoms with Gasteiger partial charge >= 0.3 is 0 Å². The molecular weight excluding hydrogens is 290 g/mol. The Labute approximate surface area is 117 Å². The lowest BCUT2D eigenvalue weighted by molar-refractivity contribution is 0.487. The number of furan rings is 1.